The lowest BCUT2D eigenvalue weighted by molar-refractivity contribution is 0.0472. The van der Waals surface area contributed by atoms with Crippen molar-refractivity contribution in [3.8, 4) is 6.07 Å². The fourth-order valence-electron chi connectivity index (χ4n) is 2.98. The lowest BCUT2D eigenvalue weighted by Gasteiger charge is -2.34. The van der Waals surface area contributed by atoms with Crippen molar-refractivity contribution in [2.75, 3.05) is 41.0 Å². The van der Waals surface area contributed by atoms with Gasteiger partial charge < -0.3 is 14.8 Å². The average Bonchev–Trinajstić information content (AvgIpc) is 2.84. The van der Waals surface area contributed by atoms with Crippen molar-refractivity contribution in [1.29, 1.82) is 5.26 Å². The van der Waals surface area contributed by atoms with Crippen LogP contribution >= 0.6 is 0 Å². The third-order valence-electron chi connectivity index (χ3n) is 4.18. The summed E-state index contributed by atoms with van der Waals surface area (Å²) in [5.41, 5.74) is -0.358. The van der Waals surface area contributed by atoms with Gasteiger partial charge >= 0.3 is 0 Å². The lowest BCUT2D eigenvalue weighted by Crippen LogP contribution is -2.47. The summed E-state index contributed by atoms with van der Waals surface area (Å²) in [5.74, 6) is 0. The van der Waals surface area contributed by atoms with Gasteiger partial charge in [0.1, 0.15) is 5.54 Å². The van der Waals surface area contributed by atoms with Gasteiger partial charge in [-0.25, -0.2) is 0 Å². The normalized spacial score (nSPS) is 28.5. The highest BCUT2D eigenvalue weighted by atomic mass is 16.5. The Hall–Kier alpha value is -0.670. The van der Waals surface area contributed by atoms with Gasteiger partial charge in [-0.2, -0.15) is 5.26 Å². The summed E-state index contributed by atoms with van der Waals surface area (Å²) in [6.45, 7) is 4.48. The van der Waals surface area contributed by atoms with E-state index in [1.54, 1.807) is 14.2 Å². The lowest BCUT2D eigenvalue weighted by atomic mass is 9.99. The van der Waals surface area contributed by atoms with E-state index in [0.29, 0.717) is 25.3 Å². The number of nitrogens with one attached hydrogen (secondary N) is 1. The minimum Gasteiger partial charge on any atom is -0.383 e. The molecule has 0 radical (unpaired) electrons. The van der Waals surface area contributed by atoms with Crippen molar-refractivity contribution in [3.05, 3.63) is 0 Å². The molecule has 5 heteroatoms. The summed E-state index contributed by atoms with van der Waals surface area (Å²) in [5, 5.41) is 12.5. The molecule has 0 spiro atoms. The van der Waals surface area contributed by atoms with Crippen LogP contribution in [0.4, 0.5) is 0 Å². The third kappa shape index (κ3) is 4.15. The van der Waals surface area contributed by atoms with Gasteiger partial charge in [-0.1, -0.05) is 0 Å². The topological polar surface area (TPSA) is 57.5 Å². The number of methoxy groups -OCH3 is 2. The second kappa shape index (κ2) is 7.81. The molecule has 1 saturated carbocycles. The number of hydrogen-bond acceptors (Lipinski definition) is 5. The third-order valence-corrected chi connectivity index (χ3v) is 4.18. The van der Waals surface area contributed by atoms with Crippen molar-refractivity contribution in [1.82, 2.24) is 10.2 Å². The summed E-state index contributed by atoms with van der Waals surface area (Å²) < 4.78 is 10.5. The summed E-state index contributed by atoms with van der Waals surface area (Å²) in [7, 11) is 5.33. The van der Waals surface area contributed by atoms with Gasteiger partial charge in [0.2, 0.25) is 0 Å². The molecular weight excluding hydrogens is 242 g/mol. The van der Waals surface area contributed by atoms with Gasteiger partial charge in [0.25, 0.3) is 0 Å². The van der Waals surface area contributed by atoms with Gasteiger partial charge in [-0.3, -0.25) is 4.90 Å². The van der Waals surface area contributed by atoms with E-state index in [-0.39, 0.29) is 5.54 Å². The fraction of sp³-hybridized carbons (Fsp3) is 0.929. The van der Waals surface area contributed by atoms with E-state index in [1.807, 2.05) is 7.05 Å². The van der Waals surface area contributed by atoms with Crippen molar-refractivity contribution < 1.29 is 9.47 Å². The summed E-state index contributed by atoms with van der Waals surface area (Å²) in [6.07, 6.45) is 2.83. The van der Waals surface area contributed by atoms with Gasteiger partial charge in [-0.05, 0) is 33.2 Å². The summed E-state index contributed by atoms with van der Waals surface area (Å²) in [4.78, 5) is 2.42. The average molecular weight is 269 g/mol. The van der Waals surface area contributed by atoms with Crippen molar-refractivity contribution in [2.24, 2.45) is 0 Å². The Morgan fingerprint density at radius 2 is 2.21 bits per heavy atom. The Balaban J connectivity index is 2.68. The zero-order chi connectivity index (χ0) is 14.3. The van der Waals surface area contributed by atoms with Crippen LogP contribution in [0.25, 0.3) is 0 Å². The number of ether oxygens (including phenoxy) is 2. The first-order chi connectivity index (χ1) is 9.12. The number of nitriles is 1. The number of rotatable bonds is 8. The highest BCUT2D eigenvalue weighted by Gasteiger charge is 2.41. The van der Waals surface area contributed by atoms with Gasteiger partial charge in [-0.15, -0.1) is 0 Å². The van der Waals surface area contributed by atoms with E-state index in [4.69, 9.17) is 9.47 Å². The molecule has 0 heterocycles. The Morgan fingerprint density at radius 3 is 2.68 bits per heavy atom. The monoisotopic (exact) mass is 269 g/mol. The van der Waals surface area contributed by atoms with E-state index >= 15 is 0 Å². The van der Waals surface area contributed by atoms with E-state index in [9.17, 15) is 5.26 Å². The zero-order valence-corrected chi connectivity index (χ0v) is 12.6. The highest BCUT2D eigenvalue weighted by Crippen LogP contribution is 2.33. The minimum absolute atomic E-state index is 0.344. The highest BCUT2D eigenvalue weighted by molar-refractivity contribution is 5.13. The fourth-order valence-corrected chi connectivity index (χ4v) is 2.98. The largest absolute Gasteiger partial charge is 0.383 e. The Kier molecular flexibility index (Phi) is 6.73. The van der Waals surface area contributed by atoms with E-state index in [1.165, 1.54) is 0 Å². The molecule has 0 saturated heterocycles. The maximum absolute atomic E-state index is 9.35. The molecule has 0 aliphatic heterocycles. The number of hydrogen-bond donors (Lipinski definition) is 1. The maximum Gasteiger partial charge on any atom is 0.108 e. The molecule has 0 aromatic rings. The van der Waals surface area contributed by atoms with Crippen LogP contribution in [-0.4, -0.2) is 63.5 Å². The van der Waals surface area contributed by atoms with Crippen molar-refractivity contribution in [3.63, 3.8) is 0 Å². The maximum atomic E-state index is 9.35. The minimum atomic E-state index is -0.358. The van der Waals surface area contributed by atoms with Gasteiger partial charge in [0.15, 0.2) is 0 Å². The van der Waals surface area contributed by atoms with Crippen LogP contribution in [0.1, 0.15) is 26.2 Å². The molecular formula is C14H27N3O2. The molecule has 0 amide bonds. The molecule has 0 aromatic heterocycles. The zero-order valence-electron chi connectivity index (χ0n) is 12.6. The van der Waals surface area contributed by atoms with E-state index < -0.39 is 0 Å². The molecule has 110 valence electrons. The summed E-state index contributed by atoms with van der Waals surface area (Å²) in [6, 6.07) is 3.21. The van der Waals surface area contributed by atoms with Gasteiger partial charge in [0, 0.05) is 32.8 Å². The molecule has 1 rings (SSSR count). The van der Waals surface area contributed by atoms with Crippen LogP contribution in [0, 0.1) is 11.3 Å². The Morgan fingerprint density at radius 1 is 1.47 bits per heavy atom. The summed E-state index contributed by atoms with van der Waals surface area (Å²) >= 11 is 0. The van der Waals surface area contributed by atoms with Crippen molar-refractivity contribution in [2.45, 2.75) is 43.8 Å². The van der Waals surface area contributed by atoms with Crippen LogP contribution in [0.2, 0.25) is 0 Å². The molecule has 1 aliphatic carbocycles. The molecule has 0 aromatic carbocycles. The van der Waals surface area contributed by atoms with Crippen LogP contribution in [0.15, 0.2) is 0 Å². The molecule has 19 heavy (non-hydrogen) atoms. The first-order valence-corrected chi connectivity index (χ1v) is 6.96. The molecule has 0 bridgehead atoms. The van der Waals surface area contributed by atoms with Gasteiger partial charge in [0.05, 0.1) is 19.3 Å². The predicted octanol–water partition coefficient (Wildman–Crippen LogP) is 1.00. The Labute approximate surface area is 116 Å². The molecule has 1 aliphatic rings. The van der Waals surface area contributed by atoms with E-state index in [0.717, 1.165) is 25.8 Å². The predicted molar refractivity (Wildman–Crippen MR) is 75.0 cm³/mol. The van der Waals surface area contributed by atoms with E-state index in [2.05, 4.69) is 23.2 Å². The second-order valence-electron chi connectivity index (χ2n) is 5.38. The molecule has 1 fully saturated rings. The molecule has 5 nitrogen and oxygen atoms in total. The first-order valence-electron chi connectivity index (χ1n) is 6.96. The SMILES string of the molecule is CNC1(C#N)CCC(N(CCOC)C(C)COC)C1. The quantitative estimate of drug-likeness (QED) is 0.712. The molecule has 3 atom stereocenters. The van der Waals surface area contributed by atoms with Crippen LogP contribution in [-0.2, 0) is 9.47 Å². The molecule has 1 N–H and O–H groups in total. The van der Waals surface area contributed by atoms with Crippen LogP contribution < -0.4 is 5.32 Å². The Bertz CT molecular complexity index is 306. The van der Waals surface area contributed by atoms with Crippen LogP contribution in [0.3, 0.4) is 0 Å². The smallest absolute Gasteiger partial charge is 0.108 e. The first kappa shape index (κ1) is 16.4. The van der Waals surface area contributed by atoms with Crippen molar-refractivity contribution >= 4 is 0 Å². The van der Waals surface area contributed by atoms with Crippen LogP contribution in [0.5, 0.6) is 0 Å². The molecule has 3 unspecified atom stereocenters. The number of nitrogens with zero attached hydrogens (tertiary/aromatic N) is 2. The second-order valence-corrected chi connectivity index (χ2v) is 5.38. The standard InChI is InChI=1S/C14H27N3O2/c1-12(10-19-4)17(7-8-18-3)13-5-6-14(9-13,11-15)16-2/h12-13,16H,5-10H2,1-4H3.